The van der Waals surface area contributed by atoms with Gasteiger partial charge in [-0.15, -0.1) is 0 Å². The summed E-state index contributed by atoms with van der Waals surface area (Å²) in [6, 6.07) is 13.6. The Balaban J connectivity index is 1.81. The second kappa shape index (κ2) is 5.48. The molecule has 0 fully saturated rings. The maximum Gasteiger partial charge on any atom is 0.205 e. The number of fused-ring (bicyclic) bond motifs is 2. The van der Waals surface area contributed by atoms with Gasteiger partial charge in [0.2, 0.25) is 5.88 Å². The largest absolute Gasteiger partial charge is 0.440 e. The molecular weight excluding hydrogens is 328 g/mol. The minimum Gasteiger partial charge on any atom is -0.440 e. The van der Waals surface area contributed by atoms with Crippen LogP contribution < -0.4 is 4.74 Å². The van der Waals surface area contributed by atoms with Crippen molar-refractivity contribution >= 4 is 23.8 Å². The van der Waals surface area contributed by atoms with Gasteiger partial charge in [0, 0.05) is 17.0 Å². The van der Waals surface area contributed by atoms with E-state index in [1.807, 2.05) is 36.4 Å². The van der Waals surface area contributed by atoms with E-state index in [4.69, 9.17) is 28.6 Å². The number of nitrogens with zero attached hydrogens (tertiary/aromatic N) is 1. The highest BCUT2D eigenvalue weighted by Gasteiger charge is 2.20. The first-order valence-corrected chi connectivity index (χ1v) is 8.05. The van der Waals surface area contributed by atoms with Crippen LogP contribution in [0.4, 0.5) is 0 Å². The SMILES string of the molecule is Cc1ccc2c(c1)Cc1c([nH]c(-c3ccc(Cl)cc3)nc1=S)O2. The number of ether oxygens (including phenoxy) is 1. The predicted octanol–water partition coefficient (Wildman–Crippen LogP) is 5.46. The highest BCUT2D eigenvalue weighted by atomic mass is 35.5. The molecule has 1 N–H and O–H groups in total. The number of benzene rings is 2. The number of rotatable bonds is 1. The molecule has 5 heteroatoms. The second-order valence-corrected chi connectivity index (χ2v) is 6.42. The molecule has 2 aromatic carbocycles. The molecule has 1 aliphatic rings. The van der Waals surface area contributed by atoms with E-state index < -0.39 is 0 Å². The lowest BCUT2D eigenvalue weighted by atomic mass is 10.0. The number of aromatic nitrogens is 2. The first-order chi connectivity index (χ1) is 11.1. The molecule has 0 amide bonds. The van der Waals surface area contributed by atoms with E-state index in [1.165, 1.54) is 5.56 Å². The summed E-state index contributed by atoms with van der Waals surface area (Å²) in [5.74, 6) is 2.22. The maximum atomic E-state index is 6.01. The Kier molecular flexibility index (Phi) is 3.43. The van der Waals surface area contributed by atoms with E-state index in [0.29, 0.717) is 21.4 Å². The normalized spacial score (nSPS) is 12.3. The molecular formula is C18H13ClN2OS. The lowest BCUT2D eigenvalue weighted by Crippen LogP contribution is -2.08. The average molecular weight is 341 g/mol. The van der Waals surface area contributed by atoms with Gasteiger partial charge in [0.1, 0.15) is 16.2 Å². The minimum absolute atomic E-state index is 0.566. The number of nitrogens with one attached hydrogen (secondary N) is 1. The molecule has 3 aromatic rings. The van der Waals surface area contributed by atoms with Crippen molar-refractivity contribution < 1.29 is 4.74 Å². The fourth-order valence-electron chi connectivity index (χ4n) is 2.71. The number of halogens is 1. The summed E-state index contributed by atoms with van der Waals surface area (Å²) >= 11 is 11.4. The highest BCUT2D eigenvalue weighted by Crippen LogP contribution is 2.36. The molecule has 4 rings (SSSR count). The number of hydrogen-bond donors (Lipinski definition) is 1. The number of aromatic amines is 1. The minimum atomic E-state index is 0.566. The Morgan fingerprint density at radius 1 is 1.17 bits per heavy atom. The van der Waals surface area contributed by atoms with Crippen molar-refractivity contribution in [3.63, 3.8) is 0 Å². The van der Waals surface area contributed by atoms with Gasteiger partial charge in [0.05, 0.1) is 5.56 Å². The van der Waals surface area contributed by atoms with Crippen molar-refractivity contribution in [1.29, 1.82) is 0 Å². The third-order valence-corrected chi connectivity index (χ3v) is 4.48. The fraction of sp³-hybridized carbons (Fsp3) is 0.111. The molecule has 0 atom stereocenters. The predicted molar refractivity (Wildman–Crippen MR) is 93.9 cm³/mol. The topological polar surface area (TPSA) is 37.9 Å². The van der Waals surface area contributed by atoms with Crippen LogP contribution in [-0.4, -0.2) is 9.97 Å². The standard InChI is InChI=1S/C18H13ClN2OS/c1-10-2-7-15-12(8-10)9-14-17(22-15)20-16(21-18(14)23)11-3-5-13(19)6-4-11/h2-8H,9H2,1H3,(H,20,21,23). The summed E-state index contributed by atoms with van der Waals surface area (Å²) in [6.07, 6.45) is 0.732. The van der Waals surface area contributed by atoms with Crippen molar-refractivity contribution in [3.8, 4) is 23.0 Å². The van der Waals surface area contributed by atoms with E-state index in [-0.39, 0.29) is 0 Å². The second-order valence-electron chi connectivity index (χ2n) is 5.60. The van der Waals surface area contributed by atoms with Crippen LogP contribution in [0.15, 0.2) is 42.5 Å². The summed E-state index contributed by atoms with van der Waals surface area (Å²) < 4.78 is 6.58. The molecule has 2 heterocycles. The van der Waals surface area contributed by atoms with Crippen LogP contribution in [0.1, 0.15) is 16.7 Å². The van der Waals surface area contributed by atoms with Crippen LogP contribution in [0.3, 0.4) is 0 Å². The molecule has 0 spiro atoms. The van der Waals surface area contributed by atoms with Gasteiger partial charge in [-0.2, -0.15) is 0 Å². The maximum absolute atomic E-state index is 6.01. The molecule has 1 aromatic heterocycles. The molecule has 0 saturated heterocycles. The Morgan fingerprint density at radius 2 is 1.96 bits per heavy atom. The molecule has 23 heavy (non-hydrogen) atoms. The molecule has 0 radical (unpaired) electrons. The van der Waals surface area contributed by atoms with E-state index in [9.17, 15) is 0 Å². The van der Waals surface area contributed by atoms with E-state index >= 15 is 0 Å². The zero-order valence-electron chi connectivity index (χ0n) is 12.4. The monoisotopic (exact) mass is 340 g/mol. The first kappa shape index (κ1) is 14.4. The Hall–Kier alpha value is -2.17. The number of hydrogen-bond acceptors (Lipinski definition) is 3. The van der Waals surface area contributed by atoms with Crippen LogP contribution >= 0.6 is 23.8 Å². The number of aryl methyl sites for hydroxylation is 1. The van der Waals surface area contributed by atoms with Crippen LogP contribution in [-0.2, 0) is 6.42 Å². The third-order valence-electron chi connectivity index (χ3n) is 3.89. The Bertz CT molecular complexity index is 964. The summed E-state index contributed by atoms with van der Waals surface area (Å²) in [5, 5.41) is 0.686. The van der Waals surface area contributed by atoms with Crippen LogP contribution in [0.2, 0.25) is 5.02 Å². The Morgan fingerprint density at radius 3 is 2.74 bits per heavy atom. The lowest BCUT2D eigenvalue weighted by Gasteiger charge is -2.20. The zero-order chi connectivity index (χ0) is 16.0. The van der Waals surface area contributed by atoms with Gasteiger partial charge in [-0.1, -0.05) is 41.5 Å². The zero-order valence-corrected chi connectivity index (χ0v) is 14.0. The van der Waals surface area contributed by atoms with Gasteiger partial charge >= 0.3 is 0 Å². The fourth-order valence-corrected chi connectivity index (χ4v) is 3.09. The summed E-state index contributed by atoms with van der Waals surface area (Å²) in [7, 11) is 0. The molecule has 0 bridgehead atoms. The summed E-state index contributed by atoms with van der Waals surface area (Å²) in [5.41, 5.74) is 4.19. The average Bonchev–Trinajstić information content (AvgIpc) is 2.54. The lowest BCUT2D eigenvalue weighted by molar-refractivity contribution is 0.439. The molecule has 0 unspecified atom stereocenters. The van der Waals surface area contributed by atoms with E-state index in [1.54, 1.807) is 0 Å². The van der Waals surface area contributed by atoms with Gasteiger partial charge < -0.3 is 9.72 Å². The van der Waals surface area contributed by atoms with Crippen molar-refractivity contribution in [2.45, 2.75) is 13.3 Å². The number of H-pyrrole nitrogens is 1. The van der Waals surface area contributed by atoms with Crippen LogP contribution in [0.25, 0.3) is 11.4 Å². The van der Waals surface area contributed by atoms with Gasteiger partial charge in [-0.25, -0.2) is 4.98 Å². The summed E-state index contributed by atoms with van der Waals surface area (Å²) in [6.45, 7) is 2.07. The van der Waals surface area contributed by atoms with Crippen molar-refractivity contribution in [1.82, 2.24) is 9.97 Å². The smallest absolute Gasteiger partial charge is 0.205 e. The van der Waals surface area contributed by atoms with Crippen molar-refractivity contribution in [3.05, 3.63) is 68.8 Å². The van der Waals surface area contributed by atoms with E-state index in [2.05, 4.69) is 23.0 Å². The van der Waals surface area contributed by atoms with Gasteiger partial charge in [-0.05, 0) is 42.8 Å². The quantitative estimate of drug-likeness (QED) is 0.467. The highest BCUT2D eigenvalue weighted by molar-refractivity contribution is 7.71. The molecule has 1 aliphatic heterocycles. The summed E-state index contributed by atoms with van der Waals surface area (Å²) in [4.78, 5) is 7.77. The molecule has 0 aliphatic carbocycles. The van der Waals surface area contributed by atoms with Crippen molar-refractivity contribution in [2.75, 3.05) is 0 Å². The molecule has 114 valence electrons. The third kappa shape index (κ3) is 2.64. The Labute approximate surface area is 143 Å². The van der Waals surface area contributed by atoms with Crippen LogP contribution in [0.5, 0.6) is 11.6 Å². The molecule has 0 saturated carbocycles. The van der Waals surface area contributed by atoms with Gasteiger partial charge in [0.25, 0.3) is 0 Å². The molecule has 3 nitrogen and oxygen atoms in total. The van der Waals surface area contributed by atoms with Gasteiger partial charge in [0.15, 0.2) is 0 Å². The van der Waals surface area contributed by atoms with Crippen LogP contribution in [0, 0.1) is 11.6 Å². The van der Waals surface area contributed by atoms with E-state index in [0.717, 1.165) is 28.9 Å². The van der Waals surface area contributed by atoms with Crippen molar-refractivity contribution in [2.24, 2.45) is 0 Å². The van der Waals surface area contributed by atoms with Gasteiger partial charge in [-0.3, -0.25) is 0 Å². The first-order valence-electron chi connectivity index (χ1n) is 7.27.